The van der Waals surface area contributed by atoms with Crippen molar-refractivity contribution in [1.82, 2.24) is 14.3 Å². The third kappa shape index (κ3) is 3.65. The Bertz CT molecular complexity index is 1470. The van der Waals surface area contributed by atoms with E-state index in [1.54, 1.807) is 24.3 Å². The Kier molecular flexibility index (Phi) is 5.17. The minimum Gasteiger partial charge on any atom is -0.443 e. The Morgan fingerprint density at radius 1 is 1.03 bits per heavy atom. The fourth-order valence-electron chi connectivity index (χ4n) is 4.05. The van der Waals surface area contributed by atoms with Crippen LogP contribution in [0.4, 0.5) is 13.6 Å². The summed E-state index contributed by atoms with van der Waals surface area (Å²) >= 11 is 0. The molecule has 3 aromatic carbocycles. The minimum absolute atomic E-state index is 0.0589. The van der Waals surface area contributed by atoms with Crippen LogP contribution in [0.2, 0.25) is 0 Å². The molecule has 33 heavy (non-hydrogen) atoms. The summed E-state index contributed by atoms with van der Waals surface area (Å²) in [6, 6.07) is 18.9. The molecule has 7 heteroatoms. The van der Waals surface area contributed by atoms with Gasteiger partial charge in [0.15, 0.2) is 5.82 Å². The summed E-state index contributed by atoms with van der Waals surface area (Å²) in [5.74, 6) is -0.818. The summed E-state index contributed by atoms with van der Waals surface area (Å²) in [4.78, 5) is 12.7. The molecule has 0 atom stereocenters. The Hall–Kier alpha value is -4.00. The van der Waals surface area contributed by atoms with Crippen molar-refractivity contribution < 1.29 is 18.3 Å². The average molecular weight is 445 g/mol. The number of benzene rings is 3. The monoisotopic (exact) mass is 445 g/mol. The molecule has 5 aromatic rings. The Balaban J connectivity index is 1.62. The lowest BCUT2D eigenvalue weighted by molar-refractivity contribution is 0.139. The van der Waals surface area contributed by atoms with Crippen LogP contribution in [-0.2, 0) is 11.3 Å². The molecule has 0 fully saturated rings. The molecule has 2 aromatic heterocycles. The molecule has 0 amide bonds. The lowest BCUT2D eigenvalue weighted by Gasteiger charge is -2.13. The van der Waals surface area contributed by atoms with Crippen LogP contribution >= 0.6 is 0 Å². The molecule has 0 unspecified atom stereocenters. The van der Waals surface area contributed by atoms with Crippen molar-refractivity contribution in [2.75, 3.05) is 0 Å². The SMILES string of the molecule is CC(C)c1cc2c(F)c3c(cnn3C(=O)OCc3ccccc3)cc2n1-c1ccc(F)cc1. The molecule has 0 saturated carbocycles. The van der Waals surface area contributed by atoms with Crippen LogP contribution in [0.25, 0.3) is 27.5 Å². The van der Waals surface area contributed by atoms with Crippen molar-refractivity contribution >= 4 is 27.9 Å². The van der Waals surface area contributed by atoms with Gasteiger partial charge in [-0.2, -0.15) is 9.78 Å². The number of hydrogen-bond donors (Lipinski definition) is 0. The molecule has 0 radical (unpaired) electrons. The lowest BCUT2D eigenvalue weighted by Crippen LogP contribution is -2.15. The highest BCUT2D eigenvalue weighted by molar-refractivity contribution is 6.00. The van der Waals surface area contributed by atoms with Crippen molar-refractivity contribution in [1.29, 1.82) is 0 Å². The fraction of sp³-hybridized carbons (Fsp3) is 0.154. The number of rotatable bonds is 4. The number of carbonyl (C=O) groups excluding carboxylic acids is 1. The molecule has 0 bridgehead atoms. The van der Waals surface area contributed by atoms with E-state index in [1.165, 1.54) is 18.3 Å². The number of hydrogen-bond acceptors (Lipinski definition) is 3. The summed E-state index contributed by atoms with van der Waals surface area (Å²) in [6.45, 7) is 4.08. The van der Waals surface area contributed by atoms with Crippen molar-refractivity contribution in [2.45, 2.75) is 26.4 Å². The number of ether oxygens (including phenoxy) is 1. The van der Waals surface area contributed by atoms with Gasteiger partial charge in [0.2, 0.25) is 0 Å². The highest BCUT2D eigenvalue weighted by Gasteiger charge is 2.22. The summed E-state index contributed by atoms with van der Waals surface area (Å²) in [6.07, 6.45) is 0.688. The van der Waals surface area contributed by atoms with Gasteiger partial charge in [0.25, 0.3) is 0 Å². The number of fused-ring (bicyclic) bond motifs is 2. The van der Waals surface area contributed by atoms with E-state index in [1.807, 2.05) is 48.7 Å². The topological polar surface area (TPSA) is 49.1 Å². The van der Waals surface area contributed by atoms with Gasteiger partial charge in [-0.05, 0) is 47.9 Å². The zero-order valence-corrected chi connectivity index (χ0v) is 18.1. The molecule has 166 valence electrons. The maximum Gasteiger partial charge on any atom is 0.435 e. The molecule has 0 aliphatic rings. The van der Waals surface area contributed by atoms with Gasteiger partial charge in [-0.3, -0.25) is 0 Å². The molecule has 0 aliphatic heterocycles. The molecular weight excluding hydrogens is 424 g/mol. The molecule has 0 aliphatic carbocycles. The summed E-state index contributed by atoms with van der Waals surface area (Å²) < 4.78 is 37.5. The van der Waals surface area contributed by atoms with Gasteiger partial charge in [-0.1, -0.05) is 44.2 Å². The highest BCUT2D eigenvalue weighted by atomic mass is 19.1. The smallest absolute Gasteiger partial charge is 0.435 e. The van der Waals surface area contributed by atoms with Crippen LogP contribution < -0.4 is 0 Å². The second-order valence-electron chi connectivity index (χ2n) is 8.19. The summed E-state index contributed by atoms with van der Waals surface area (Å²) in [5.41, 5.74) is 3.10. The molecular formula is C26H21F2N3O2. The van der Waals surface area contributed by atoms with E-state index in [9.17, 15) is 9.18 Å². The molecule has 0 spiro atoms. The van der Waals surface area contributed by atoms with Crippen molar-refractivity contribution in [3.8, 4) is 5.69 Å². The fourth-order valence-corrected chi connectivity index (χ4v) is 4.05. The number of nitrogens with zero attached hydrogens (tertiary/aromatic N) is 3. The minimum atomic E-state index is -0.755. The average Bonchev–Trinajstić information content (AvgIpc) is 3.42. The van der Waals surface area contributed by atoms with Gasteiger partial charge in [-0.25, -0.2) is 13.6 Å². The Morgan fingerprint density at radius 2 is 1.76 bits per heavy atom. The van der Waals surface area contributed by atoms with Crippen molar-refractivity contribution in [2.24, 2.45) is 0 Å². The number of carbonyl (C=O) groups is 1. The predicted octanol–water partition coefficient (Wildman–Crippen LogP) is 6.57. The lowest BCUT2D eigenvalue weighted by atomic mass is 10.1. The van der Waals surface area contributed by atoms with Gasteiger partial charge in [0.05, 0.1) is 11.7 Å². The van der Waals surface area contributed by atoms with Gasteiger partial charge >= 0.3 is 6.09 Å². The number of aromatic nitrogens is 3. The largest absolute Gasteiger partial charge is 0.443 e. The maximum atomic E-state index is 15.8. The summed E-state index contributed by atoms with van der Waals surface area (Å²) in [5, 5.41) is 4.91. The standard InChI is InChI=1S/C26H21F2N3O2/c1-16(2)22-13-21-23(30(22)20-10-8-19(27)9-11-20)12-18-14-29-31(25(18)24(21)28)26(32)33-15-17-6-4-3-5-7-17/h3-14,16H,15H2,1-2H3. The quantitative estimate of drug-likeness (QED) is 0.314. The van der Waals surface area contributed by atoms with E-state index in [4.69, 9.17) is 4.74 Å². The van der Waals surface area contributed by atoms with Crippen LogP contribution in [0.1, 0.15) is 31.0 Å². The predicted molar refractivity (Wildman–Crippen MR) is 123 cm³/mol. The first-order chi connectivity index (χ1) is 15.9. The molecule has 2 heterocycles. The van der Waals surface area contributed by atoms with Gasteiger partial charge in [0, 0.05) is 22.2 Å². The molecule has 5 nitrogen and oxygen atoms in total. The zero-order chi connectivity index (χ0) is 23.1. The molecule has 0 N–H and O–H groups in total. The van der Waals surface area contributed by atoms with Crippen LogP contribution in [0, 0.1) is 11.6 Å². The third-order valence-corrected chi connectivity index (χ3v) is 5.66. The van der Waals surface area contributed by atoms with E-state index >= 15 is 4.39 Å². The highest BCUT2D eigenvalue weighted by Crippen LogP contribution is 2.34. The van der Waals surface area contributed by atoms with E-state index < -0.39 is 11.9 Å². The van der Waals surface area contributed by atoms with Crippen LogP contribution in [-0.4, -0.2) is 20.4 Å². The Labute approximate surface area is 188 Å². The van der Waals surface area contributed by atoms with E-state index in [0.29, 0.717) is 16.3 Å². The number of halogens is 2. The van der Waals surface area contributed by atoms with Gasteiger partial charge < -0.3 is 9.30 Å². The van der Waals surface area contributed by atoms with E-state index in [-0.39, 0.29) is 23.9 Å². The zero-order valence-electron chi connectivity index (χ0n) is 18.1. The Morgan fingerprint density at radius 3 is 2.45 bits per heavy atom. The van der Waals surface area contributed by atoms with Crippen LogP contribution in [0.3, 0.4) is 0 Å². The molecule has 0 saturated heterocycles. The second-order valence-corrected chi connectivity index (χ2v) is 8.19. The summed E-state index contributed by atoms with van der Waals surface area (Å²) in [7, 11) is 0. The van der Waals surface area contributed by atoms with E-state index in [2.05, 4.69) is 5.10 Å². The van der Waals surface area contributed by atoms with Crippen LogP contribution in [0.5, 0.6) is 0 Å². The van der Waals surface area contributed by atoms with Crippen molar-refractivity contribution in [3.05, 3.63) is 95.8 Å². The van der Waals surface area contributed by atoms with Crippen LogP contribution in [0.15, 0.2) is 72.9 Å². The first-order valence-electron chi connectivity index (χ1n) is 10.6. The van der Waals surface area contributed by atoms with Gasteiger partial charge in [-0.15, -0.1) is 0 Å². The first kappa shape index (κ1) is 20.9. The second kappa shape index (κ2) is 8.16. The van der Waals surface area contributed by atoms with Gasteiger partial charge in [0.1, 0.15) is 17.9 Å². The first-order valence-corrected chi connectivity index (χ1v) is 10.6. The molecule has 5 rings (SSSR count). The third-order valence-electron chi connectivity index (χ3n) is 5.66. The van der Waals surface area contributed by atoms with E-state index in [0.717, 1.165) is 21.6 Å². The normalized spacial score (nSPS) is 11.5. The maximum absolute atomic E-state index is 15.8. The van der Waals surface area contributed by atoms with Crippen molar-refractivity contribution in [3.63, 3.8) is 0 Å².